The summed E-state index contributed by atoms with van der Waals surface area (Å²) in [5.74, 6) is 0.295. The molecule has 13 heavy (non-hydrogen) atoms. The van der Waals surface area contributed by atoms with Crippen molar-refractivity contribution in [1.29, 1.82) is 0 Å². The number of aliphatic hydroxyl groups excluding tert-OH is 1. The molecule has 0 amide bonds. The van der Waals surface area contributed by atoms with Crippen LogP contribution in [0.15, 0.2) is 22.7 Å². The summed E-state index contributed by atoms with van der Waals surface area (Å²) in [5, 5.41) is 18.5. The molecule has 0 aromatic heterocycles. The number of aromatic hydroxyl groups is 1. The molecule has 3 heteroatoms. The lowest BCUT2D eigenvalue weighted by Gasteiger charge is -2.06. The molecule has 0 aliphatic rings. The van der Waals surface area contributed by atoms with Crippen LogP contribution in [0.5, 0.6) is 5.75 Å². The highest BCUT2D eigenvalue weighted by Gasteiger charge is 2.03. The largest absolute Gasteiger partial charge is 0.508 e. The Morgan fingerprint density at radius 1 is 1.46 bits per heavy atom. The number of hydrogen-bond acceptors (Lipinski definition) is 2. The van der Waals surface area contributed by atoms with Crippen LogP contribution in [0.4, 0.5) is 0 Å². The van der Waals surface area contributed by atoms with Crippen LogP contribution in [0.1, 0.15) is 18.9 Å². The highest BCUT2D eigenvalue weighted by atomic mass is 79.9. The summed E-state index contributed by atoms with van der Waals surface area (Å²) in [5.41, 5.74) is 0.871. The average Bonchev–Trinajstić information content (AvgIpc) is 2.06. The third-order valence-electron chi connectivity index (χ3n) is 1.87. The van der Waals surface area contributed by atoms with Crippen LogP contribution >= 0.6 is 15.9 Å². The minimum atomic E-state index is -0.321. The maximum atomic E-state index is 9.45. The molecule has 0 heterocycles. The Hall–Kier alpha value is -0.540. The predicted molar refractivity (Wildman–Crippen MR) is 55.8 cm³/mol. The summed E-state index contributed by atoms with van der Waals surface area (Å²) in [6.45, 7) is 1.75. The highest BCUT2D eigenvalue weighted by Crippen LogP contribution is 2.23. The van der Waals surface area contributed by atoms with Crippen molar-refractivity contribution in [1.82, 2.24) is 0 Å². The van der Waals surface area contributed by atoms with Gasteiger partial charge in [0.2, 0.25) is 0 Å². The Morgan fingerprint density at radius 3 is 2.77 bits per heavy atom. The summed E-state index contributed by atoms with van der Waals surface area (Å²) in [6.07, 6.45) is 1.05. The molecule has 0 saturated carbocycles. The predicted octanol–water partition coefficient (Wildman–Crippen LogP) is 2.47. The quantitative estimate of drug-likeness (QED) is 0.858. The molecule has 0 saturated heterocycles. The van der Waals surface area contributed by atoms with Crippen molar-refractivity contribution in [2.24, 2.45) is 0 Å². The zero-order valence-electron chi connectivity index (χ0n) is 7.50. The first-order chi connectivity index (χ1) is 6.09. The summed E-state index contributed by atoms with van der Waals surface area (Å²) < 4.78 is 0.950. The number of benzene rings is 1. The molecule has 2 nitrogen and oxygen atoms in total. The molecule has 0 fully saturated rings. The third-order valence-corrected chi connectivity index (χ3v) is 2.37. The molecule has 1 rings (SSSR count). The first-order valence-corrected chi connectivity index (χ1v) is 5.04. The molecule has 0 spiro atoms. The molecule has 0 aliphatic heterocycles. The zero-order chi connectivity index (χ0) is 9.84. The van der Waals surface area contributed by atoms with Crippen molar-refractivity contribution in [3.05, 3.63) is 28.2 Å². The van der Waals surface area contributed by atoms with Crippen molar-refractivity contribution in [3.8, 4) is 5.75 Å². The van der Waals surface area contributed by atoms with E-state index in [4.69, 9.17) is 5.11 Å². The van der Waals surface area contributed by atoms with Crippen LogP contribution in [0.2, 0.25) is 0 Å². The maximum absolute atomic E-state index is 9.45. The molecular formula is C10H13BrO2. The minimum Gasteiger partial charge on any atom is -0.508 e. The lowest BCUT2D eigenvalue weighted by Crippen LogP contribution is -2.01. The zero-order valence-corrected chi connectivity index (χ0v) is 9.08. The van der Waals surface area contributed by atoms with Gasteiger partial charge in [-0.1, -0.05) is 15.9 Å². The average molecular weight is 245 g/mol. The van der Waals surface area contributed by atoms with Gasteiger partial charge in [-0.2, -0.15) is 0 Å². The van der Waals surface area contributed by atoms with Crippen LogP contribution in [-0.2, 0) is 6.42 Å². The van der Waals surface area contributed by atoms with Gasteiger partial charge in [0.25, 0.3) is 0 Å². The van der Waals surface area contributed by atoms with Gasteiger partial charge in [-0.05, 0) is 43.5 Å². The number of halogens is 1. The van der Waals surface area contributed by atoms with Crippen LogP contribution in [-0.4, -0.2) is 16.3 Å². The van der Waals surface area contributed by atoms with E-state index in [0.29, 0.717) is 18.6 Å². The molecule has 0 aliphatic carbocycles. The van der Waals surface area contributed by atoms with Crippen molar-refractivity contribution in [2.75, 3.05) is 0 Å². The molecule has 1 aromatic rings. The molecule has 0 unspecified atom stereocenters. The number of aliphatic hydroxyl groups is 1. The Balaban J connectivity index is 2.70. The standard InChI is InChI=1S/C10H13BrO2/c1-7(12)2-3-8-6-9(11)4-5-10(8)13/h4-7,12-13H,2-3H2,1H3/t7-/m0/s1. The van der Waals surface area contributed by atoms with Gasteiger partial charge in [0.15, 0.2) is 0 Å². The van der Waals surface area contributed by atoms with E-state index in [2.05, 4.69) is 15.9 Å². The number of hydrogen-bond donors (Lipinski definition) is 2. The van der Waals surface area contributed by atoms with E-state index >= 15 is 0 Å². The van der Waals surface area contributed by atoms with Gasteiger partial charge in [0.05, 0.1) is 6.10 Å². The third kappa shape index (κ3) is 3.36. The Morgan fingerprint density at radius 2 is 2.15 bits per heavy atom. The number of phenolic OH excluding ortho intramolecular Hbond substituents is 1. The first-order valence-electron chi connectivity index (χ1n) is 4.25. The molecule has 1 atom stereocenters. The number of rotatable bonds is 3. The second kappa shape index (κ2) is 4.63. The fourth-order valence-electron chi connectivity index (χ4n) is 1.12. The van der Waals surface area contributed by atoms with E-state index in [9.17, 15) is 5.11 Å². The van der Waals surface area contributed by atoms with E-state index in [1.165, 1.54) is 0 Å². The lowest BCUT2D eigenvalue weighted by molar-refractivity contribution is 0.184. The SMILES string of the molecule is C[C@H](O)CCc1cc(Br)ccc1O. The van der Waals surface area contributed by atoms with E-state index in [-0.39, 0.29) is 6.10 Å². The summed E-state index contributed by atoms with van der Waals surface area (Å²) in [6, 6.07) is 5.32. The fourth-order valence-corrected chi connectivity index (χ4v) is 1.53. The molecule has 1 aromatic carbocycles. The van der Waals surface area contributed by atoms with Crippen molar-refractivity contribution < 1.29 is 10.2 Å². The van der Waals surface area contributed by atoms with E-state index in [1.54, 1.807) is 19.1 Å². The van der Waals surface area contributed by atoms with Gasteiger partial charge in [0, 0.05) is 4.47 Å². The molecule has 0 radical (unpaired) electrons. The molecular weight excluding hydrogens is 232 g/mol. The Kier molecular flexibility index (Phi) is 3.75. The second-order valence-electron chi connectivity index (χ2n) is 3.16. The van der Waals surface area contributed by atoms with Gasteiger partial charge >= 0.3 is 0 Å². The van der Waals surface area contributed by atoms with Gasteiger partial charge < -0.3 is 10.2 Å². The van der Waals surface area contributed by atoms with Crippen LogP contribution in [0.3, 0.4) is 0 Å². The van der Waals surface area contributed by atoms with Crippen LogP contribution in [0.25, 0.3) is 0 Å². The van der Waals surface area contributed by atoms with Crippen LogP contribution in [0, 0.1) is 0 Å². The lowest BCUT2D eigenvalue weighted by atomic mass is 10.1. The van der Waals surface area contributed by atoms with E-state index in [1.807, 2.05) is 6.07 Å². The monoisotopic (exact) mass is 244 g/mol. The first kappa shape index (κ1) is 10.5. The maximum Gasteiger partial charge on any atom is 0.118 e. The van der Waals surface area contributed by atoms with Gasteiger partial charge in [-0.3, -0.25) is 0 Å². The molecule has 0 bridgehead atoms. The van der Waals surface area contributed by atoms with Gasteiger partial charge in [-0.25, -0.2) is 0 Å². The number of phenols is 1. The van der Waals surface area contributed by atoms with Crippen molar-refractivity contribution >= 4 is 15.9 Å². The molecule has 2 N–H and O–H groups in total. The Labute approximate surface area is 86.3 Å². The topological polar surface area (TPSA) is 40.5 Å². The normalized spacial score (nSPS) is 12.8. The van der Waals surface area contributed by atoms with E-state index < -0.39 is 0 Å². The smallest absolute Gasteiger partial charge is 0.118 e. The Bertz CT molecular complexity index is 284. The highest BCUT2D eigenvalue weighted by molar-refractivity contribution is 9.10. The second-order valence-corrected chi connectivity index (χ2v) is 4.08. The van der Waals surface area contributed by atoms with Gasteiger partial charge in [-0.15, -0.1) is 0 Å². The van der Waals surface area contributed by atoms with Crippen LogP contribution < -0.4 is 0 Å². The van der Waals surface area contributed by atoms with E-state index in [0.717, 1.165) is 10.0 Å². The fraction of sp³-hybridized carbons (Fsp3) is 0.400. The summed E-state index contributed by atoms with van der Waals surface area (Å²) >= 11 is 3.33. The van der Waals surface area contributed by atoms with Crippen molar-refractivity contribution in [3.63, 3.8) is 0 Å². The summed E-state index contributed by atoms with van der Waals surface area (Å²) in [4.78, 5) is 0. The minimum absolute atomic E-state index is 0.295. The summed E-state index contributed by atoms with van der Waals surface area (Å²) in [7, 11) is 0. The molecule has 72 valence electrons. The van der Waals surface area contributed by atoms with Gasteiger partial charge in [0.1, 0.15) is 5.75 Å². The number of aryl methyl sites for hydroxylation is 1. The van der Waals surface area contributed by atoms with Crippen molar-refractivity contribution in [2.45, 2.75) is 25.9 Å².